The number of methoxy groups -OCH3 is 1. The molecule has 0 spiro atoms. The maximum atomic E-state index is 12.5. The minimum Gasteiger partial charge on any atom is -0.494 e. The van der Waals surface area contributed by atoms with Crippen molar-refractivity contribution < 1.29 is 9.53 Å². The Hall–Kier alpha value is -2.49. The first kappa shape index (κ1) is 23.7. The van der Waals surface area contributed by atoms with Crippen molar-refractivity contribution in [3.63, 3.8) is 0 Å². The number of hydrogen-bond acceptors (Lipinski definition) is 5. The molecule has 2 N–H and O–H groups in total. The number of carbonyl (C=O) groups is 1. The summed E-state index contributed by atoms with van der Waals surface area (Å²) in [5, 5.41) is 7.03. The van der Waals surface area contributed by atoms with Crippen LogP contribution in [0.2, 0.25) is 0 Å². The number of ether oxygens (including phenoxy) is 1. The van der Waals surface area contributed by atoms with Crippen LogP contribution in [0.1, 0.15) is 43.4 Å². The first-order valence-corrected chi connectivity index (χ1v) is 12.5. The Morgan fingerprint density at radius 3 is 2.64 bits per heavy atom. The van der Waals surface area contributed by atoms with Gasteiger partial charge in [0, 0.05) is 28.2 Å². The molecule has 0 saturated carbocycles. The Balaban J connectivity index is 1.74. The van der Waals surface area contributed by atoms with Crippen molar-refractivity contribution in [3.05, 3.63) is 69.1 Å². The maximum absolute atomic E-state index is 12.5. The standard InChI is InChI=1S/C24H25BrN4O2S2/c1-24(2,3)22(30)27-15-9-8-14(13-17(15)31-4)29-21(18-10-11-19(25)33-18)20(28-23(29)32)16-7-5-6-12-26-16/h5-13,20-21H,1-4H3,(H,27,30)(H,28,32)/t20-,21+/m0/s1. The van der Waals surface area contributed by atoms with E-state index in [4.69, 9.17) is 17.0 Å². The van der Waals surface area contributed by atoms with E-state index in [2.05, 4.69) is 42.5 Å². The van der Waals surface area contributed by atoms with E-state index >= 15 is 0 Å². The van der Waals surface area contributed by atoms with Crippen molar-refractivity contribution in [2.75, 3.05) is 17.3 Å². The number of rotatable bonds is 5. The summed E-state index contributed by atoms with van der Waals surface area (Å²) in [6.45, 7) is 5.62. The quantitative estimate of drug-likeness (QED) is 0.379. The number of nitrogens with zero attached hydrogens (tertiary/aromatic N) is 2. The molecule has 3 heterocycles. The van der Waals surface area contributed by atoms with Crippen LogP contribution in [0.15, 0.2) is 58.5 Å². The van der Waals surface area contributed by atoms with Gasteiger partial charge in [-0.15, -0.1) is 11.3 Å². The second-order valence-electron chi connectivity index (χ2n) is 8.73. The molecule has 0 radical (unpaired) electrons. The third kappa shape index (κ3) is 4.90. The van der Waals surface area contributed by atoms with E-state index in [9.17, 15) is 4.79 Å². The highest BCUT2D eigenvalue weighted by atomic mass is 79.9. The predicted octanol–water partition coefficient (Wildman–Crippen LogP) is 6.08. The number of thiocarbonyl (C=S) groups is 1. The number of amides is 1. The molecule has 1 saturated heterocycles. The van der Waals surface area contributed by atoms with Gasteiger partial charge >= 0.3 is 0 Å². The highest BCUT2D eigenvalue weighted by Gasteiger charge is 2.41. The highest BCUT2D eigenvalue weighted by molar-refractivity contribution is 9.11. The second kappa shape index (κ2) is 9.40. The van der Waals surface area contributed by atoms with Gasteiger partial charge in [-0.25, -0.2) is 0 Å². The summed E-state index contributed by atoms with van der Waals surface area (Å²) in [6.07, 6.45) is 1.79. The van der Waals surface area contributed by atoms with Crippen LogP contribution < -0.4 is 20.3 Å². The number of thiophene rings is 1. The van der Waals surface area contributed by atoms with Crippen molar-refractivity contribution in [3.8, 4) is 5.75 Å². The molecule has 0 bridgehead atoms. The molecule has 9 heteroatoms. The molecule has 1 aromatic carbocycles. The molecule has 1 aliphatic heterocycles. The largest absolute Gasteiger partial charge is 0.494 e. The summed E-state index contributed by atoms with van der Waals surface area (Å²) in [5.41, 5.74) is 1.89. The van der Waals surface area contributed by atoms with Gasteiger partial charge in [0.05, 0.1) is 34.4 Å². The molecule has 1 aliphatic rings. The number of pyridine rings is 1. The summed E-state index contributed by atoms with van der Waals surface area (Å²) in [5.74, 6) is 0.490. The zero-order valence-electron chi connectivity index (χ0n) is 18.8. The molecule has 0 unspecified atom stereocenters. The fraction of sp³-hybridized carbons (Fsp3) is 0.292. The number of aromatic nitrogens is 1. The zero-order valence-corrected chi connectivity index (χ0v) is 22.0. The Kier molecular flexibility index (Phi) is 6.74. The molecular formula is C24H25BrN4O2S2. The van der Waals surface area contributed by atoms with Crippen LogP contribution in [-0.4, -0.2) is 23.1 Å². The van der Waals surface area contributed by atoms with Crippen molar-refractivity contribution in [1.29, 1.82) is 0 Å². The molecule has 3 aromatic rings. The molecule has 0 aliphatic carbocycles. The van der Waals surface area contributed by atoms with Gasteiger partial charge in [0.25, 0.3) is 0 Å². The number of hydrogen-bond donors (Lipinski definition) is 2. The predicted molar refractivity (Wildman–Crippen MR) is 141 cm³/mol. The van der Waals surface area contributed by atoms with Crippen LogP contribution in [0.25, 0.3) is 0 Å². The lowest BCUT2D eigenvalue weighted by atomic mass is 9.95. The van der Waals surface area contributed by atoms with Gasteiger partial charge in [0.1, 0.15) is 5.75 Å². The molecule has 33 heavy (non-hydrogen) atoms. The summed E-state index contributed by atoms with van der Waals surface area (Å²) < 4.78 is 6.68. The van der Waals surface area contributed by atoms with Crippen LogP contribution >= 0.6 is 39.5 Å². The lowest BCUT2D eigenvalue weighted by molar-refractivity contribution is -0.123. The lowest BCUT2D eigenvalue weighted by Crippen LogP contribution is -2.29. The van der Waals surface area contributed by atoms with Crippen LogP contribution in [0.5, 0.6) is 5.75 Å². The summed E-state index contributed by atoms with van der Waals surface area (Å²) >= 11 is 11.0. The van der Waals surface area contributed by atoms with Crippen molar-refractivity contribution in [2.24, 2.45) is 5.41 Å². The number of benzene rings is 1. The number of nitrogens with one attached hydrogen (secondary N) is 2. The van der Waals surface area contributed by atoms with Crippen molar-refractivity contribution in [2.45, 2.75) is 32.9 Å². The maximum Gasteiger partial charge on any atom is 0.229 e. The summed E-state index contributed by atoms with van der Waals surface area (Å²) in [7, 11) is 1.59. The van der Waals surface area contributed by atoms with Gasteiger partial charge in [-0.2, -0.15) is 0 Å². The van der Waals surface area contributed by atoms with Crippen molar-refractivity contribution >= 4 is 61.9 Å². The average molecular weight is 546 g/mol. The van der Waals surface area contributed by atoms with E-state index in [1.807, 2.05) is 63.2 Å². The fourth-order valence-electron chi connectivity index (χ4n) is 3.65. The number of anilines is 2. The number of halogens is 1. The summed E-state index contributed by atoms with van der Waals surface area (Å²) in [6, 6.07) is 15.5. The lowest BCUT2D eigenvalue weighted by Gasteiger charge is -2.27. The molecule has 2 aromatic heterocycles. The molecule has 4 rings (SSSR count). The first-order chi connectivity index (χ1) is 15.7. The highest BCUT2D eigenvalue weighted by Crippen LogP contribution is 2.45. The van der Waals surface area contributed by atoms with E-state index < -0.39 is 5.41 Å². The van der Waals surface area contributed by atoms with Gasteiger partial charge in [0.2, 0.25) is 5.91 Å². The minimum absolute atomic E-state index is 0.0801. The Labute approximate surface area is 211 Å². The van der Waals surface area contributed by atoms with E-state index in [0.29, 0.717) is 16.5 Å². The number of carbonyl (C=O) groups excluding carboxylic acids is 1. The molecule has 6 nitrogen and oxygen atoms in total. The van der Waals surface area contributed by atoms with Crippen LogP contribution in [0, 0.1) is 5.41 Å². The fourth-order valence-corrected chi connectivity index (χ4v) is 5.55. The van der Waals surface area contributed by atoms with Crippen LogP contribution in [0.3, 0.4) is 0 Å². The third-order valence-corrected chi connectivity index (χ3v) is 7.39. The molecule has 1 amide bonds. The topological polar surface area (TPSA) is 66.5 Å². The Morgan fingerprint density at radius 1 is 1.24 bits per heavy atom. The Morgan fingerprint density at radius 2 is 2.03 bits per heavy atom. The van der Waals surface area contributed by atoms with Crippen LogP contribution in [-0.2, 0) is 4.79 Å². The van der Waals surface area contributed by atoms with E-state index in [1.54, 1.807) is 24.6 Å². The third-order valence-electron chi connectivity index (χ3n) is 5.38. The van der Waals surface area contributed by atoms with Crippen LogP contribution in [0.4, 0.5) is 11.4 Å². The molecule has 172 valence electrons. The smallest absolute Gasteiger partial charge is 0.229 e. The second-order valence-corrected chi connectivity index (χ2v) is 11.6. The molecule has 2 atom stereocenters. The monoisotopic (exact) mass is 544 g/mol. The Bertz CT molecular complexity index is 1180. The first-order valence-electron chi connectivity index (χ1n) is 10.4. The van der Waals surface area contributed by atoms with Gasteiger partial charge in [-0.05, 0) is 64.5 Å². The molecular weight excluding hydrogens is 520 g/mol. The summed E-state index contributed by atoms with van der Waals surface area (Å²) in [4.78, 5) is 20.3. The van der Waals surface area contributed by atoms with E-state index in [0.717, 1.165) is 20.0 Å². The van der Waals surface area contributed by atoms with Gasteiger partial charge in [0.15, 0.2) is 5.11 Å². The van der Waals surface area contributed by atoms with Gasteiger partial charge in [-0.3, -0.25) is 9.78 Å². The van der Waals surface area contributed by atoms with E-state index in [-0.39, 0.29) is 18.0 Å². The SMILES string of the molecule is COc1cc(N2C(=S)N[C@@H](c3ccccn3)[C@H]2c2ccc(Br)s2)ccc1NC(=O)C(C)(C)C. The van der Waals surface area contributed by atoms with Crippen molar-refractivity contribution in [1.82, 2.24) is 10.3 Å². The zero-order chi connectivity index (χ0) is 23.8. The molecule has 1 fully saturated rings. The van der Waals surface area contributed by atoms with Gasteiger partial charge < -0.3 is 20.3 Å². The minimum atomic E-state index is -0.516. The normalized spacial score (nSPS) is 18.2. The average Bonchev–Trinajstić information content (AvgIpc) is 3.36. The van der Waals surface area contributed by atoms with Gasteiger partial charge in [-0.1, -0.05) is 26.8 Å². The van der Waals surface area contributed by atoms with E-state index in [1.165, 1.54) is 0 Å².